The molecule has 0 unspecified atom stereocenters. The molecule has 3 heteroatoms. The normalized spacial score (nSPS) is 23.2. The van der Waals surface area contributed by atoms with Crippen molar-refractivity contribution in [2.75, 3.05) is 13.6 Å². The fourth-order valence-corrected chi connectivity index (χ4v) is 4.74. The fourth-order valence-electron chi connectivity index (χ4n) is 4.74. The molecule has 0 atom stereocenters. The highest BCUT2D eigenvalue weighted by molar-refractivity contribution is 5.08. The predicted molar refractivity (Wildman–Crippen MR) is 88.9 cm³/mol. The van der Waals surface area contributed by atoms with E-state index in [1.807, 2.05) is 12.3 Å². The lowest BCUT2D eigenvalue weighted by molar-refractivity contribution is -0.0361. The average molecular weight is 289 g/mol. The third-order valence-corrected chi connectivity index (χ3v) is 4.89. The summed E-state index contributed by atoms with van der Waals surface area (Å²) in [5, 5.41) is 0. The van der Waals surface area contributed by atoms with Crippen LogP contribution in [0.5, 0.6) is 0 Å². The van der Waals surface area contributed by atoms with Crippen molar-refractivity contribution < 1.29 is 0 Å². The van der Waals surface area contributed by atoms with Crippen LogP contribution in [0.1, 0.15) is 52.7 Å². The van der Waals surface area contributed by atoms with Crippen molar-refractivity contribution in [1.82, 2.24) is 9.88 Å². The molecule has 21 heavy (non-hydrogen) atoms. The van der Waals surface area contributed by atoms with E-state index in [9.17, 15) is 0 Å². The van der Waals surface area contributed by atoms with E-state index < -0.39 is 0 Å². The number of rotatable bonds is 4. The second-order valence-electron chi connectivity index (χ2n) is 8.46. The van der Waals surface area contributed by atoms with Crippen LogP contribution in [0.2, 0.25) is 0 Å². The van der Waals surface area contributed by atoms with E-state index in [0.717, 1.165) is 25.1 Å². The Labute approximate surface area is 129 Å². The van der Waals surface area contributed by atoms with Crippen LogP contribution in [0, 0.1) is 10.8 Å². The molecule has 0 aliphatic heterocycles. The minimum Gasteiger partial charge on any atom is -0.329 e. The van der Waals surface area contributed by atoms with Gasteiger partial charge in [-0.05, 0) is 49.3 Å². The number of nitrogens with zero attached hydrogens (tertiary/aromatic N) is 2. The lowest BCUT2D eigenvalue weighted by atomic mass is 9.58. The Kier molecular flexibility index (Phi) is 4.46. The summed E-state index contributed by atoms with van der Waals surface area (Å²) < 4.78 is 0. The predicted octanol–water partition coefficient (Wildman–Crippen LogP) is 3.45. The van der Waals surface area contributed by atoms with Gasteiger partial charge in [-0.2, -0.15) is 0 Å². The molecule has 1 aliphatic rings. The van der Waals surface area contributed by atoms with E-state index >= 15 is 0 Å². The molecule has 0 aromatic carbocycles. The fraction of sp³-hybridized carbons (Fsp3) is 0.722. The van der Waals surface area contributed by atoms with Gasteiger partial charge >= 0.3 is 0 Å². The number of hydrogen-bond donors (Lipinski definition) is 1. The second-order valence-corrected chi connectivity index (χ2v) is 8.46. The standard InChI is InChI=1S/C18H31N3/c1-16(2)11-17(3,4)13-18(12-16,14-19)21(5)10-15-8-6-7-9-20-15/h6-9H,10-14,19H2,1-5H3. The SMILES string of the molecule is CN(Cc1ccccn1)C1(CN)CC(C)(C)CC(C)(C)C1. The minimum absolute atomic E-state index is 0.0722. The summed E-state index contributed by atoms with van der Waals surface area (Å²) >= 11 is 0. The molecule has 1 saturated carbocycles. The highest BCUT2D eigenvalue weighted by Gasteiger charge is 2.48. The molecule has 3 nitrogen and oxygen atoms in total. The number of hydrogen-bond acceptors (Lipinski definition) is 3. The molecule has 1 aromatic rings. The molecule has 0 saturated heterocycles. The molecule has 0 amide bonds. The first kappa shape index (κ1) is 16.4. The number of pyridine rings is 1. The van der Waals surface area contributed by atoms with Gasteiger partial charge in [-0.3, -0.25) is 9.88 Å². The molecule has 1 heterocycles. The second kappa shape index (κ2) is 5.69. The first-order chi connectivity index (χ1) is 9.68. The number of likely N-dealkylation sites (N-methyl/N-ethyl adjacent to an activating group) is 1. The van der Waals surface area contributed by atoms with Gasteiger partial charge in [0.2, 0.25) is 0 Å². The minimum atomic E-state index is 0.0722. The van der Waals surface area contributed by atoms with E-state index in [4.69, 9.17) is 5.73 Å². The topological polar surface area (TPSA) is 42.2 Å². The smallest absolute Gasteiger partial charge is 0.0544 e. The van der Waals surface area contributed by atoms with Crippen molar-refractivity contribution in [3.8, 4) is 0 Å². The van der Waals surface area contributed by atoms with Crippen LogP contribution >= 0.6 is 0 Å². The summed E-state index contributed by atoms with van der Waals surface area (Å²) in [6.07, 6.45) is 5.44. The van der Waals surface area contributed by atoms with Crippen LogP contribution in [0.4, 0.5) is 0 Å². The zero-order valence-corrected chi connectivity index (χ0v) is 14.3. The Hall–Kier alpha value is -0.930. The highest BCUT2D eigenvalue weighted by Crippen LogP contribution is 2.51. The first-order valence-electron chi connectivity index (χ1n) is 7.99. The van der Waals surface area contributed by atoms with Gasteiger partial charge in [0.25, 0.3) is 0 Å². The average Bonchev–Trinajstić information content (AvgIpc) is 2.36. The third kappa shape index (κ3) is 3.83. The van der Waals surface area contributed by atoms with Gasteiger partial charge in [0, 0.05) is 24.8 Å². The van der Waals surface area contributed by atoms with Crippen LogP contribution in [0.15, 0.2) is 24.4 Å². The van der Waals surface area contributed by atoms with Crippen molar-refractivity contribution in [1.29, 1.82) is 0 Å². The zero-order valence-electron chi connectivity index (χ0n) is 14.3. The maximum atomic E-state index is 6.27. The molecular formula is C18H31N3. The molecule has 2 rings (SSSR count). The van der Waals surface area contributed by atoms with Crippen molar-refractivity contribution in [2.24, 2.45) is 16.6 Å². The molecule has 1 aromatic heterocycles. The van der Waals surface area contributed by atoms with Crippen LogP contribution < -0.4 is 5.73 Å². The Morgan fingerprint density at radius 3 is 2.19 bits per heavy atom. The Bertz CT molecular complexity index is 449. The quantitative estimate of drug-likeness (QED) is 0.923. The zero-order chi connectivity index (χ0) is 15.7. The molecule has 1 fully saturated rings. The molecule has 2 N–H and O–H groups in total. The largest absolute Gasteiger partial charge is 0.329 e. The molecule has 0 bridgehead atoms. The van der Waals surface area contributed by atoms with Gasteiger partial charge in [-0.15, -0.1) is 0 Å². The molecule has 0 spiro atoms. The molecule has 0 radical (unpaired) electrons. The van der Waals surface area contributed by atoms with Gasteiger partial charge in [-0.25, -0.2) is 0 Å². The van der Waals surface area contributed by atoms with Crippen molar-refractivity contribution in [3.63, 3.8) is 0 Å². The molecule has 1 aliphatic carbocycles. The van der Waals surface area contributed by atoms with Gasteiger partial charge < -0.3 is 5.73 Å². The summed E-state index contributed by atoms with van der Waals surface area (Å²) in [7, 11) is 2.21. The lowest BCUT2D eigenvalue weighted by Gasteiger charge is -2.55. The number of aromatic nitrogens is 1. The Morgan fingerprint density at radius 2 is 1.71 bits per heavy atom. The lowest BCUT2D eigenvalue weighted by Crippen LogP contribution is -2.59. The number of nitrogens with two attached hydrogens (primary N) is 1. The van der Waals surface area contributed by atoms with E-state index in [2.05, 4.69) is 56.8 Å². The Morgan fingerprint density at radius 1 is 1.10 bits per heavy atom. The van der Waals surface area contributed by atoms with Crippen LogP contribution in [-0.2, 0) is 6.54 Å². The van der Waals surface area contributed by atoms with Gasteiger partial charge in [0.05, 0.1) is 5.69 Å². The Balaban J connectivity index is 2.23. The maximum absolute atomic E-state index is 6.27. The molecule has 118 valence electrons. The van der Waals surface area contributed by atoms with E-state index in [1.165, 1.54) is 6.42 Å². The van der Waals surface area contributed by atoms with Crippen LogP contribution in [0.3, 0.4) is 0 Å². The van der Waals surface area contributed by atoms with Crippen molar-refractivity contribution in [3.05, 3.63) is 30.1 Å². The van der Waals surface area contributed by atoms with Gasteiger partial charge in [-0.1, -0.05) is 33.8 Å². The van der Waals surface area contributed by atoms with Crippen molar-refractivity contribution in [2.45, 2.75) is 59.0 Å². The summed E-state index contributed by atoms with van der Waals surface area (Å²) in [6.45, 7) is 11.1. The highest BCUT2D eigenvalue weighted by atomic mass is 15.2. The monoisotopic (exact) mass is 289 g/mol. The summed E-state index contributed by atoms with van der Waals surface area (Å²) in [4.78, 5) is 6.91. The first-order valence-corrected chi connectivity index (χ1v) is 7.99. The van der Waals surface area contributed by atoms with E-state index in [1.54, 1.807) is 0 Å². The van der Waals surface area contributed by atoms with Gasteiger partial charge in [0.15, 0.2) is 0 Å². The molecular weight excluding hydrogens is 258 g/mol. The summed E-state index contributed by atoms with van der Waals surface area (Å²) in [6, 6.07) is 6.12. The summed E-state index contributed by atoms with van der Waals surface area (Å²) in [5.74, 6) is 0. The van der Waals surface area contributed by atoms with Gasteiger partial charge in [0.1, 0.15) is 0 Å². The summed E-state index contributed by atoms with van der Waals surface area (Å²) in [5.41, 5.74) is 8.13. The van der Waals surface area contributed by atoms with E-state index in [0.29, 0.717) is 17.4 Å². The maximum Gasteiger partial charge on any atom is 0.0544 e. The van der Waals surface area contributed by atoms with Crippen molar-refractivity contribution >= 4 is 0 Å². The van der Waals surface area contributed by atoms with Crippen LogP contribution in [0.25, 0.3) is 0 Å². The van der Waals surface area contributed by atoms with Crippen LogP contribution in [-0.4, -0.2) is 29.0 Å². The van der Waals surface area contributed by atoms with E-state index in [-0.39, 0.29) is 5.54 Å². The third-order valence-electron chi connectivity index (χ3n) is 4.89.